The fourth-order valence-corrected chi connectivity index (χ4v) is 5.18. The molecule has 0 aromatic heterocycles. The molecule has 2 saturated heterocycles. The van der Waals surface area contributed by atoms with Gasteiger partial charge in [-0.05, 0) is 113 Å². The summed E-state index contributed by atoms with van der Waals surface area (Å²) in [7, 11) is 1.45. The Morgan fingerprint density at radius 3 is 1.42 bits per heavy atom. The van der Waals surface area contributed by atoms with E-state index in [4.69, 9.17) is 42.6 Å². The minimum atomic E-state index is -0.555. The Labute approximate surface area is 306 Å². The van der Waals surface area contributed by atoms with Gasteiger partial charge in [0.1, 0.15) is 28.5 Å². The average Bonchev–Trinajstić information content (AvgIpc) is 4.08. The van der Waals surface area contributed by atoms with Crippen LogP contribution in [0.3, 0.4) is 0 Å². The minimum Gasteiger partial charge on any atom is -0.494 e. The summed E-state index contributed by atoms with van der Waals surface area (Å²) in [5.74, 6) is 0.961. The summed E-state index contributed by atoms with van der Waals surface area (Å²) >= 11 is 0. The number of carbonyl (C=O) groups is 2. The molecule has 0 N–H and O–H groups in total. The van der Waals surface area contributed by atoms with Crippen molar-refractivity contribution in [2.45, 2.75) is 76.4 Å². The first-order valence-corrected chi connectivity index (χ1v) is 18.3. The van der Waals surface area contributed by atoms with Crippen LogP contribution >= 0.6 is 0 Å². The van der Waals surface area contributed by atoms with Crippen molar-refractivity contribution < 1.29 is 52.2 Å². The fourth-order valence-electron chi connectivity index (χ4n) is 5.18. The molecule has 3 aromatic rings. The number of hydrogen-bond acceptors (Lipinski definition) is 11. The van der Waals surface area contributed by atoms with Crippen LogP contribution in [0.15, 0.2) is 66.7 Å². The van der Waals surface area contributed by atoms with E-state index in [0.29, 0.717) is 49.1 Å². The van der Waals surface area contributed by atoms with E-state index in [0.717, 1.165) is 77.8 Å². The molecule has 2 fully saturated rings. The molecule has 0 bridgehead atoms. The first-order chi connectivity index (χ1) is 25.2. The molecule has 0 amide bonds. The number of unbranched alkanes of at least 4 members (excludes halogenated alkanes) is 6. The van der Waals surface area contributed by atoms with Gasteiger partial charge in [0.15, 0.2) is 11.5 Å². The average molecular weight is 721 g/mol. The van der Waals surface area contributed by atoms with E-state index in [1.165, 1.54) is 19.2 Å². The van der Waals surface area contributed by atoms with Gasteiger partial charge in [0, 0.05) is 19.3 Å². The zero-order valence-electron chi connectivity index (χ0n) is 30.7. The van der Waals surface area contributed by atoms with Crippen LogP contribution < -0.4 is 23.7 Å². The van der Waals surface area contributed by atoms with Crippen molar-refractivity contribution in [3.05, 3.63) is 77.9 Å². The summed E-state index contributed by atoms with van der Waals surface area (Å²) in [5.41, 5.74) is 0.628. The highest BCUT2D eigenvalue weighted by Gasteiger charge is 2.40. The largest absolute Gasteiger partial charge is 0.494 e. The molecule has 0 saturated carbocycles. The Bertz CT molecular complexity index is 1550. The smallest absolute Gasteiger partial charge is 0.343 e. The molecule has 282 valence electrons. The van der Waals surface area contributed by atoms with Crippen LogP contribution in [0, 0.1) is 0 Å². The van der Waals surface area contributed by atoms with Crippen LogP contribution in [0.2, 0.25) is 0 Å². The van der Waals surface area contributed by atoms with E-state index in [9.17, 15) is 9.59 Å². The Hall–Kier alpha value is -4.16. The zero-order chi connectivity index (χ0) is 36.7. The normalized spacial score (nSPS) is 18.8. The van der Waals surface area contributed by atoms with Crippen molar-refractivity contribution in [3.63, 3.8) is 0 Å². The molecular weight excluding hydrogens is 668 g/mol. The lowest BCUT2D eigenvalue weighted by molar-refractivity contribution is 0.0715. The maximum atomic E-state index is 12.9. The van der Waals surface area contributed by atoms with Crippen LogP contribution in [0.5, 0.6) is 28.7 Å². The van der Waals surface area contributed by atoms with Crippen LogP contribution in [0.25, 0.3) is 0 Å². The number of methoxy groups -OCH3 is 1. The molecule has 0 spiro atoms. The van der Waals surface area contributed by atoms with Gasteiger partial charge in [0.2, 0.25) is 0 Å². The predicted molar refractivity (Wildman–Crippen MR) is 194 cm³/mol. The third-order valence-electron chi connectivity index (χ3n) is 8.72. The lowest BCUT2D eigenvalue weighted by Gasteiger charge is -2.12. The standard InChI is InChI=1S/C41H52O11/c1-40(29-49-40)27-45-22-8-4-6-10-24-47-33-16-12-31(13-17-33)38(42)51-35-20-21-36(37(26-35)44-3)52-39(43)32-14-18-34(19-15-32)48-25-11-7-5-9-23-46-28-41(2)30-50-41/h12-21,26H,4-11,22-25,27-30H2,1-3H3. The number of rotatable bonds is 25. The molecular formula is C41H52O11. The number of epoxide rings is 2. The molecule has 2 aliphatic rings. The predicted octanol–water partition coefficient (Wildman–Crippen LogP) is 7.62. The van der Waals surface area contributed by atoms with Gasteiger partial charge in [-0.3, -0.25) is 0 Å². The maximum absolute atomic E-state index is 12.9. The molecule has 11 heteroatoms. The lowest BCUT2D eigenvalue weighted by atomic mass is 10.2. The molecule has 5 rings (SSSR count). The van der Waals surface area contributed by atoms with E-state index in [1.54, 1.807) is 54.6 Å². The molecule has 2 atom stereocenters. The topological polar surface area (TPSA) is 124 Å². The lowest BCUT2D eigenvalue weighted by Crippen LogP contribution is -2.14. The zero-order valence-corrected chi connectivity index (χ0v) is 30.7. The number of esters is 2. The van der Waals surface area contributed by atoms with E-state index in [-0.39, 0.29) is 28.5 Å². The summed E-state index contributed by atoms with van der Waals surface area (Å²) in [6.07, 6.45) is 8.19. The maximum Gasteiger partial charge on any atom is 0.343 e. The van der Waals surface area contributed by atoms with Crippen LogP contribution in [0.1, 0.15) is 85.9 Å². The van der Waals surface area contributed by atoms with Crippen LogP contribution in [-0.4, -0.2) is 83.1 Å². The van der Waals surface area contributed by atoms with E-state index in [2.05, 4.69) is 13.8 Å². The van der Waals surface area contributed by atoms with Crippen molar-refractivity contribution in [1.29, 1.82) is 0 Å². The summed E-state index contributed by atoms with van der Waals surface area (Å²) in [5, 5.41) is 0. The van der Waals surface area contributed by atoms with Gasteiger partial charge >= 0.3 is 11.9 Å². The number of benzene rings is 3. The van der Waals surface area contributed by atoms with Gasteiger partial charge in [0.25, 0.3) is 0 Å². The number of hydrogen-bond donors (Lipinski definition) is 0. The monoisotopic (exact) mass is 720 g/mol. The molecule has 0 aliphatic carbocycles. The van der Waals surface area contributed by atoms with E-state index in [1.807, 2.05) is 0 Å². The second-order valence-electron chi connectivity index (χ2n) is 13.7. The molecule has 52 heavy (non-hydrogen) atoms. The van der Waals surface area contributed by atoms with Gasteiger partial charge in [-0.25, -0.2) is 9.59 Å². The summed E-state index contributed by atoms with van der Waals surface area (Å²) in [4.78, 5) is 25.7. The third-order valence-corrected chi connectivity index (χ3v) is 8.72. The van der Waals surface area contributed by atoms with Crippen LogP contribution in [0.4, 0.5) is 0 Å². The molecule has 2 heterocycles. The Morgan fingerprint density at radius 2 is 0.981 bits per heavy atom. The fraction of sp³-hybridized carbons (Fsp3) is 0.512. The van der Waals surface area contributed by atoms with Crippen LogP contribution in [-0.2, 0) is 18.9 Å². The minimum absolute atomic E-state index is 0.0503. The van der Waals surface area contributed by atoms with Crippen molar-refractivity contribution in [2.75, 3.05) is 60.0 Å². The van der Waals surface area contributed by atoms with Crippen molar-refractivity contribution in [3.8, 4) is 28.7 Å². The Morgan fingerprint density at radius 1 is 0.558 bits per heavy atom. The van der Waals surface area contributed by atoms with Gasteiger partial charge in [-0.1, -0.05) is 12.8 Å². The summed E-state index contributed by atoms with van der Waals surface area (Å²) in [6.45, 7) is 9.74. The molecule has 2 unspecified atom stereocenters. The summed E-state index contributed by atoms with van der Waals surface area (Å²) < 4.78 is 50.2. The Kier molecular flexibility index (Phi) is 14.7. The molecule has 0 radical (unpaired) electrons. The molecule has 2 aliphatic heterocycles. The van der Waals surface area contributed by atoms with Gasteiger partial charge < -0.3 is 42.6 Å². The van der Waals surface area contributed by atoms with Gasteiger partial charge in [-0.2, -0.15) is 0 Å². The van der Waals surface area contributed by atoms with E-state index >= 15 is 0 Å². The second kappa shape index (κ2) is 19.6. The second-order valence-corrected chi connectivity index (χ2v) is 13.7. The molecule has 11 nitrogen and oxygen atoms in total. The van der Waals surface area contributed by atoms with Gasteiger partial charge in [0.05, 0.1) is 57.9 Å². The third kappa shape index (κ3) is 13.4. The van der Waals surface area contributed by atoms with Crippen molar-refractivity contribution in [2.24, 2.45) is 0 Å². The number of carbonyl (C=O) groups excluding carboxylic acids is 2. The highest BCUT2D eigenvalue weighted by molar-refractivity contribution is 5.92. The van der Waals surface area contributed by atoms with Crippen molar-refractivity contribution >= 4 is 11.9 Å². The highest BCUT2D eigenvalue weighted by atomic mass is 16.6. The molecule has 3 aromatic carbocycles. The first-order valence-electron chi connectivity index (χ1n) is 18.3. The van der Waals surface area contributed by atoms with Crippen molar-refractivity contribution in [1.82, 2.24) is 0 Å². The van der Waals surface area contributed by atoms with E-state index < -0.39 is 11.9 Å². The quantitative estimate of drug-likeness (QED) is 0.0372. The summed E-state index contributed by atoms with van der Waals surface area (Å²) in [6, 6.07) is 18.2. The SMILES string of the molecule is COc1cc(OC(=O)c2ccc(OCCCCCCOCC3(C)CO3)cc2)ccc1OC(=O)c1ccc(OCCCCCCOCC2(C)CO2)cc1. The Balaban J connectivity index is 0.961. The number of ether oxygens (including phenoxy) is 9. The highest BCUT2D eigenvalue weighted by Crippen LogP contribution is 2.33. The first kappa shape index (κ1) is 39.1. The van der Waals surface area contributed by atoms with Gasteiger partial charge in [-0.15, -0.1) is 0 Å².